The van der Waals surface area contributed by atoms with Gasteiger partial charge < -0.3 is 30.1 Å². The van der Waals surface area contributed by atoms with Crippen LogP contribution in [0.5, 0.6) is 5.75 Å². The summed E-state index contributed by atoms with van der Waals surface area (Å²) in [4.78, 5) is 42.9. The normalized spacial score (nSPS) is 21.7. The minimum absolute atomic E-state index is 0.0913. The Kier molecular flexibility index (Phi) is 7.76. The lowest BCUT2D eigenvalue weighted by Crippen LogP contribution is -2.47. The molecule has 4 aliphatic rings. The number of methoxy groups -OCH3 is 1. The Morgan fingerprint density at radius 1 is 1.05 bits per heavy atom. The molecule has 3 fully saturated rings. The number of carbonyl (C=O) groups excluding carboxylic acids is 2. The van der Waals surface area contributed by atoms with Crippen molar-refractivity contribution in [1.82, 2.24) is 20.2 Å². The number of hydrogen-bond acceptors (Lipinski definition) is 8. The number of fused-ring (bicyclic) bond motifs is 1. The number of anilines is 4. The molecule has 2 aliphatic carbocycles. The number of aromatic nitrogens is 2. The fraction of sp³-hybridized carbons (Fsp3) is 0.613. The van der Waals surface area contributed by atoms with Crippen LogP contribution in [0.1, 0.15) is 74.6 Å². The van der Waals surface area contributed by atoms with Gasteiger partial charge in [-0.05, 0) is 76.9 Å². The van der Waals surface area contributed by atoms with Crippen molar-refractivity contribution in [2.75, 3.05) is 56.0 Å². The van der Waals surface area contributed by atoms with Crippen LogP contribution >= 0.6 is 0 Å². The first-order chi connectivity index (χ1) is 19.9. The standard InChI is InChI=1S/C31H43N7O3/c1-36-16-12-22(13-17-36)33-28(39)21-10-11-24(26(18-21)41-3)34-30-32-19-25-27(35-30)38(23-8-4-5-9-23)20-31(14-6-7-15-31)29(40)37(25)2/h10-11,18-19,22-23H,4-9,12-17,20H2,1-3H3,(H,33,39)(H,32,34,35). The minimum atomic E-state index is -0.348. The number of amides is 2. The summed E-state index contributed by atoms with van der Waals surface area (Å²) >= 11 is 0. The van der Waals surface area contributed by atoms with E-state index in [4.69, 9.17) is 9.72 Å². The van der Waals surface area contributed by atoms with Gasteiger partial charge in [0.05, 0.1) is 24.4 Å². The predicted molar refractivity (Wildman–Crippen MR) is 160 cm³/mol. The molecule has 0 bridgehead atoms. The maximum atomic E-state index is 13.8. The molecule has 41 heavy (non-hydrogen) atoms. The van der Waals surface area contributed by atoms with Crippen LogP contribution in [-0.2, 0) is 4.79 Å². The second kappa shape index (κ2) is 11.5. The molecule has 220 valence electrons. The van der Waals surface area contributed by atoms with Gasteiger partial charge in [0.1, 0.15) is 11.4 Å². The molecule has 2 aliphatic heterocycles. The van der Waals surface area contributed by atoms with E-state index in [0.29, 0.717) is 35.5 Å². The fourth-order valence-corrected chi connectivity index (χ4v) is 7.23. The highest BCUT2D eigenvalue weighted by Gasteiger charge is 2.48. The fourth-order valence-electron chi connectivity index (χ4n) is 7.23. The molecule has 2 saturated carbocycles. The van der Waals surface area contributed by atoms with E-state index in [1.54, 1.807) is 30.3 Å². The van der Waals surface area contributed by atoms with Gasteiger partial charge in [0, 0.05) is 31.2 Å². The lowest BCUT2D eigenvalue weighted by atomic mass is 9.84. The molecule has 3 heterocycles. The van der Waals surface area contributed by atoms with E-state index in [1.807, 2.05) is 13.1 Å². The molecule has 10 nitrogen and oxygen atoms in total. The van der Waals surface area contributed by atoms with Crippen LogP contribution in [0.15, 0.2) is 24.4 Å². The van der Waals surface area contributed by atoms with Gasteiger partial charge >= 0.3 is 0 Å². The van der Waals surface area contributed by atoms with Gasteiger partial charge in [0.2, 0.25) is 11.9 Å². The average molecular weight is 562 g/mol. The van der Waals surface area contributed by atoms with E-state index >= 15 is 0 Å². The number of ether oxygens (including phenoxy) is 1. The van der Waals surface area contributed by atoms with Crippen molar-refractivity contribution in [3.8, 4) is 5.75 Å². The Morgan fingerprint density at radius 2 is 1.78 bits per heavy atom. The molecule has 1 spiro atoms. The van der Waals surface area contributed by atoms with Crippen LogP contribution in [-0.4, -0.2) is 79.6 Å². The van der Waals surface area contributed by atoms with Gasteiger partial charge in [0.25, 0.3) is 5.91 Å². The third-order valence-corrected chi connectivity index (χ3v) is 9.70. The molecule has 0 atom stereocenters. The first-order valence-corrected chi connectivity index (χ1v) is 15.2. The second-order valence-corrected chi connectivity index (χ2v) is 12.4. The lowest BCUT2D eigenvalue weighted by Gasteiger charge is -2.36. The highest BCUT2D eigenvalue weighted by atomic mass is 16.5. The number of rotatable bonds is 6. The summed E-state index contributed by atoms with van der Waals surface area (Å²) in [7, 11) is 5.58. The maximum absolute atomic E-state index is 13.8. The molecule has 1 aromatic heterocycles. The number of hydrogen-bond donors (Lipinski definition) is 2. The van der Waals surface area contributed by atoms with Crippen LogP contribution in [0.3, 0.4) is 0 Å². The number of nitrogens with one attached hydrogen (secondary N) is 2. The zero-order chi connectivity index (χ0) is 28.6. The lowest BCUT2D eigenvalue weighted by molar-refractivity contribution is -0.127. The molecule has 10 heteroatoms. The molecule has 1 saturated heterocycles. The molecule has 2 aromatic rings. The zero-order valence-electron chi connectivity index (χ0n) is 24.6. The summed E-state index contributed by atoms with van der Waals surface area (Å²) < 4.78 is 5.67. The Bertz CT molecular complexity index is 1280. The Hall–Kier alpha value is -3.40. The van der Waals surface area contributed by atoms with Crippen molar-refractivity contribution in [2.45, 2.75) is 76.3 Å². The molecule has 2 N–H and O–H groups in total. The number of piperidine rings is 1. The molecule has 0 unspecified atom stereocenters. The molecule has 0 radical (unpaired) electrons. The van der Waals surface area contributed by atoms with Crippen LogP contribution in [0.25, 0.3) is 0 Å². The number of nitrogens with zero attached hydrogens (tertiary/aromatic N) is 5. The van der Waals surface area contributed by atoms with E-state index < -0.39 is 0 Å². The van der Waals surface area contributed by atoms with Crippen molar-refractivity contribution < 1.29 is 14.3 Å². The van der Waals surface area contributed by atoms with Crippen molar-refractivity contribution in [3.05, 3.63) is 30.0 Å². The van der Waals surface area contributed by atoms with E-state index in [0.717, 1.165) is 76.0 Å². The van der Waals surface area contributed by atoms with Crippen LogP contribution in [0.2, 0.25) is 0 Å². The molecule has 2 amide bonds. The van der Waals surface area contributed by atoms with Gasteiger partial charge in [-0.2, -0.15) is 4.98 Å². The molecular weight excluding hydrogens is 518 g/mol. The Labute approximate surface area is 242 Å². The van der Waals surface area contributed by atoms with Crippen molar-refractivity contribution in [3.63, 3.8) is 0 Å². The highest BCUT2D eigenvalue weighted by molar-refractivity contribution is 6.01. The van der Waals surface area contributed by atoms with Crippen molar-refractivity contribution >= 4 is 35.0 Å². The van der Waals surface area contributed by atoms with Gasteiger partial charge in [0.15, 0.2) is 5.82 Å². The number of carbonyl (C=O) groups is 2. The quantitative estimate of drug-likeness (QED) is 0.537. The first-order valence-electron chi connectivity index (χ1n) is 15.2. The van der Waals surface area contributed by atoms with E-state index in [1.165, 1.54) is 12.8 Å². The van der Waals surface area contributed by atoms with Gasteiger partial charge in [-0.3, -0.25) is 9.59 Å². The van der Waals surface area contributed by atoms with Crippen molar-refractivity contribution in [1.29, 1.82) is 0 Å². The average Bonchev–Trinajstić information content (AvgIpc) is 3.68. The third-order valence-electron chi connectivity index (χ3n) is 9.70. The second-order valence-electron chi connectivity index (χ2n) is 12.4. The largest absolute Gasteiger partial charge is 0.495 e. The van der Waals surface area contributed by atoms with Crippen LogP contribution in [0.4, 0.5) is 23.1 Å². The SMILES string of the molecule is COc1cc(C(=O)NC2CCN(C)CC2)ccc1Nc1ncc2c(n1)N(C1CCCC1)CC1(CCCC1)C(=O)N2C. The predicted octanol–water partition coefficient (Wildman–Crippen LogP) is 4.34. The Balaban J connectivity index is 1.26. The third kappa shape index (κ3) is 5.46. The zero-order valence-corrected chi connectivity index (χ0v) is 24.6. The molecule has 1 aromatic carbocycles. The molecule has 6 rings (SSSR count). The Morgan fingerprint density at radius 3 is 2.49 bits per heavy atom. The minimum Gasteiger partial charge on any atom is -0.495 e. The summed E-state index contributed by atoms with van der Waals surface area (Å²) in [6.45, 7) is 2.69. The summed E-state index contributed by atoms with van der Waals surface area (Å²) in [5, 5.41) is 6.50. The maximum Gasteiger partial charge on any atom is 0.251 e. The van der Waals surface area contributed by atoms with E-state index in [2.05, 4.69) is 32.5 Å². The van der Waals surface area contributed by atoms with E-state index in [9.17, 15) is 9.59 Å². The van der Waals surface area contributed by atoms with Crippen LogP contribution < -0.4 is 25.2 Å². The smallest absolute Gasteiger partial charge is 0.251 e. The number of likely N-dealkylation sites (tertiary alicyclic amines) is 1. The summed E-state index contributed by atoms with van der Waals surface area (Å²) in [6, 6.07) is 5.98. The van der Waals surface area contributed by atoms with Gasteiger partial charge in [-0.25, -0.2) is 4.98 Å². The topological polar surface area (TPSA) is 103 Å². The van der Waals surface area contributed by atoms with Gasteiger partial charge in [-0.15, -0.1) is 0 Å². The number of benzene rings is 1. The van der Waals surface area contributed by atoms with Crippen molar-refractivity contribution in [2.24, 2.45) is 5.41 Å². The summed E-state index contributed by atoms with van der Waals surface area (Å²) in [5.74, 6) is 1.91. The summed E-state index contributed by atoms with van der Waals surface area (Å²) in [6.07, 6.45) is 12.4. The molecular formula is C31H43N7O3. The first kappa shape index (κ1) is 27.8. The highest BCUT2D eigenvalue weighted by Crippen LogP contribution is 2.47. The van der Waals surface area contributed by atoms with Gasteiger partial charge in [-0.1, -0.05) is 25.7 Å². The summed E-state index contributed by atoms with van der Waals surface area (Å²) in [5.41, 5.74) is 1.66. The monoisotopic (exact) mass is 561 g/mol. The van der Waals surface area contributed by atoms with E-state index in [-0.39, 0.29) is 23.3 Å². The van der Waals surface area contributed by atoms with Crippen LogP contribution in [0, 0.1) is 5.41 Å².